The third-order valence-corrected chi connectivity index (χ3v) is 5.15. The molecule has 1 amide bonds. The van der Waals surface area contributed by atoms with Crippen molar-refractivity contribution in [2.75, 3.05) is 26.3 Å². The molecule has 5 heteroatoms. The SMILES string of the molecule is NC1CCCC(C(=O)NCc2ccccc2CN2CCOCC2)C1. The fraction of sp³-hybridized carbons (Fsp3) is 0.632. The van der Waals surface area contributed by atoms with Gasteiger partial charge in [0.2, 0.25) is 5.91 Å². The van der Waals surface area contributed by atoms with E-state index in [1.165, 1.54) is 11.1 Å². The maximum absolute atomic E-state index is 12.4. The molecule has 0 radical (unpaired) electrons. The molecule has 132 valence electrons. The Morgan fingerprint density at radius 2 is 1.96 bits per heavy atom. The first-order valence-electron chi connectivity index (χ1n) is 9.12. The standard InChI is InChI=1S/C19H29N3O2/c20-18-7-3-6-15(12-18)19(23)21-13-16-4-1-2-5-17(16)14-22-8-10-24-11-9-22/h1-2,4-5,15,18H,3,6-14,20H2,(H,21,23). The molecule has 1 saturated carbocycles. The van der Waals surface area contributed by atoms with Crippen LogP contribution in [0.25, 0.3) is 0 Å². The van der Waals surface area contributed by atoms with E-state index >= 15 is 0 Å². The maximum Gasteiger partial charge on any atom is 0.223 e. The zero-order valence-corrected chi connectivity index (χ0v) is 14.4. The van der Waals surface area contributed by atoms with Gasteiger partial charge < -0.3 is 15.8 Å². The van der Waals surface area contributed by atoms with Gasteiger partial charge in [-0.1, -0.05) is 30.7 Å². The minimum absolute atomic E-state index is 0.0835. The van der Waals surface area contributed by atoms with Crippen LogP contribution in [0.2, 0.25) is 0 Å². The largest absolute Gasteiger partial charge is 0.379 e. The third-order valence-electron chi connectivity index (χ3n) is 5.15. The number of amides is 1. The van der Waals surface area contributed by atoms with Crippen LogP contribution < -0.4 is 11.1 Å². The molecule has 1 saturated heterocycles. The number of hydrogen-bond donors (Lipinski definition) is 2. The van der Waals surface area contributed by atoms with Crippen LogP contribution in [0.15, 0.2) is 24.3 Å². The molecule has 5 nitrogen and oxygen atoms in total. The second-order valence-corrected chi connectivity index (χ2v) is 7.00. The van der Waals surface area contributed by atoms with Gasteiger partial charge in [-0.15, -0.1) is 0 Å². The lowest BCUT2D eigenvalue weighted by Crippen LogP contribution is -2.38. The number of morpholine rings is 1. The number of benzene rings is 1. The highest BCUT2D eigenvalue weighted by molar-refractivity contribution is 5.78. The minimum atomic E-state index is 0.0835. The topological polar surface area (TPSA) is 67.6 Å². The first-order chi connectivity index (χ1) is 11.7. The molecular weight excluding hydrogens is 302 g/mol. The molecule has 0 bridgehead atoms. The van der Waals surface area contributed by atoms with E-state index in [2.05, 4.69) is 28.4 Å². The zero-order chi connectivity index (χ0) is 16.8. The summed E-state index contributed by atoms with van der Waals surface area (Å²) in [6, 6.07) is 8.57. The monoisotopic (exact) mass is 331 g/mol. The number of rotatable bonds is 5. The predicted molar refractivity (Wildman–Crippen MR) is 94.3 cm³/mol. The molecule has 3 rings (SSSR count). The molecule has 1 aliphatic carbocycles. The number of nitrogens with one attached hydrogen (secondary N) is 1. The van der Waals surface area contributed by atoms with Gasteiger partial charge in [0.25, 0.3) is 0 Å². The van der Waals surface area contributed by atoms with Gasteiger partial charge in [-0.25, -0.2) is 0 Å². The Bertz CT molecular complexity index is 543. The van der Waals surface area contributed by atoms with Gasteiger partial charge in [0.1, 0.15) is 0 Å². The molecular formula is C19H29N3O2. The van der Waals surface area contributed by atoms with Crippen molar-refractivity contribution in [3.63, 3.8) is 0 Å². The Labute approximate surface area is 144 Å². The summed E-state index contributed by atoms with van der Waals surface area (Å²) in [5, 5.41) is 3.13. The summed E-state index contributed by atoms with van der Waals surface area (Å²) in [7, 11) is 0. The van der Waals surface area contributed by atoms with E-state index in [0.717, 1.165) is 58.5 Å². The smallest absolute Gasteiger partial charge is 0.223 e. The third kappa shape index (κ3) is 4.79. The fourth-order valence-corrected chi connectivity index (χ4v) is 3.68. The summed E-state index contributed by atoms with van der Waals surface area (Å²) >= 11 is 0. The Hall–Kier alpha value is -1.43. The highest BCUT2D eigenvalue weighted by Crippen LogP contribution is 2.23. The second kappa shape index (κ2) is 8.60. The molecule has 2 aliphatic rings. The summed E-state index contributed by atoms with van der Waals surface area (Å²) in [5.74, 6) is 0.242. The summed E-state index contributed by atoms with van der Waals surface area (Å²) in [5.41, 5.74) is 8.50. The summed E-state index contributed by atoms with van der Waals surface area (Å²) < 4.78 is 5.41. The van der Waals surface area contributed by atoms with E-state index in [4.69, 9.17) is 10.5 Å². The molecule has 1 aromatic rings. The lowest BCUT2D eigenvalue weighted by Gasteiger charge is -2.28. The minimum Gasteiger partial charge on any atom is -0.379 e. The van der Waals surface area contributed by atoms with Gasteiger partial charge in [-0.3, -0.25) is 9.69 Å². The quantitative estimate of drug-likeness (QED) is 0.861. The number of carbonyl (C=O) groups excluding carboxylic acids is 1. The van der Waals surface area contributed by atoms with Crippen molar-refractivity contribution in [3.05, 3.63) is 35.4 Å². The predicted octanol–water partition coefficient (Wildman–Crippen LogP) is 1.65. The van der Waals surface area contributed by atoms with Crippen molar-refractivity contribution < 1.29 is 9.53 Å². The van der Waals surface area contributed by atoms with Gasteiger partial charge in [-0.2, -0.15) is 0 Å². The van der Waals surface area contributed by atoms with E-state index < -0.39 is 0 Å². The van der Waals surface area contributed by atoms with Crippen LogP contribution in [-0.4, -0.2) is 43.2 Å². The van der Waals surface area contributed by atoms with Gasteiger partial charge in [0, 0.05) is 38.1 Å². The molecule has 2 unspecified atom stereocenters. The highest BCUT2D eigenvalue weighted by atomic mass is 16.5. The maximum atomic E-state index is 12.4. The fourth-order valence-electron chi connectivity index (χ4n) is 3.68. The van der Waals surface area contributed by atoms with Crippen molar-refractivity contribution in [1.29, 1.82) is 0 Å². The van der Waals surface area contributed by atoms with Crippen LogP contribution in [0.4, 0.5) is 0 Å². The van der Waals surface area contributed by atoms with E-state index in [9.17, 15) is 4.79 Å². The Balaban J connectivity index is 1.55. The van der Waals surface area contributed by atoms with Crippen LogP contribution in [0.3, 0.4) is 0 Å². The lowest BCUT2D eigenvalue weighted by atomic mass is 9.85. The molecule has 2 atom stereocenters. The molecule has 3 N–H and O–H groups in total. The van der Waals surface area contributed by atoms with E-state index in [-0.39, 0.29) is 17.9 Å². The first kappa shape index (κ1) is 17.4. The van der Waals surface area contributed by atoms with Gasteiger partial charge in [-0.05, 0) is 30.4 Å². The summed E-state index contributed by atoms with van der Waals surface area (Å²) in [4.78, 5) is 14.8. The van der Waals surface area contributed by atoms with Crippen LogP contribution in [0.1, 0.15) is 36.8 Å². The number of carbonyl (C=O) groups is 1. The van der Waals surface area contributed by atoms with Crippen molar-refractivity contribution in [1.82, 2.24) is 10.2 Å². The van der Waals surface area contributed by atoms with E-state index in [0.29, 0.717) is 6.54 Å². The van der Waals surface area contributed by atoms with Crippen LogP contribution >= 0.6 is 0 Å². The molecule has 1 aliphatic heterocycles. The normalized spacial score (nSPS) is 25.4. The van der Waals surface area contributed by atoms with Crippen molar-refractivity contribution >= 4 is 5.91 Å². The van der Waals surface area contributed by atoms with Crippen molar-refractivity contribution in [3.8, 4) is 0 Å². The summed E-state index contributed by atoms with van der Waals surface area (Å²) in [6.07, 6.45) is 3.90. The van der Waals surface area contributed by atoms with Crippen LogP contribution in [0, 0.1) is 5.92 Å². The zero-order valence-electron chi connectivity index (χ0n) is 14.4. The van der Waals surface area contributed by atoms with Crippen LogP contribution in [0.5, 0.6) is 0 Å². The second-order valence-electron chi connectivity index (χ2n) is 7.00. The number of nitrogens with two attached hydrogens (primary N) is 1. The summed E-state index contributed by atoms with van der Waals surface area (Å²) in [6.45, 7) is 5.08. The van der Waals surface area contributed by atoms with Crippen LogP contribution in [-0.2, 0) is 22.6 Å². The average molecular weight is 331 g/mol. The number of nitrogens with zero attached hydrogens (tertiary/aromatic N) is 1. The van der Waals surface area contributed by atoms with Gasteiger partial charge >= 0.3 is 0 Å². The molecule has 0 aromatic heterocycles. The van der Waals surface area contributed by atoms with Gasteiger partial charge in [0.15, 0.2) is 0 Å². The number of ether oxygens (including phenoxy) is 1. The number of hydrogen-bond acceptors (Lipinski definition) is 4. The van der Waals surface area contributed by atoms with E-state index in [1.807, 2.05) is 6.07 Å². The average Bonchev–Trinajstić information content (AvgIpc) is 2.61. The Morgan fingerprint density at radius 1 is 1.21 bits per heavy atom. The highest BCUT2D eigenvalue weighted by Gasteiger charge is 2.25. The van der Waals surface area contributed by atoms with E-state index in [1.54, 1.807) is 0 Å². The van der Waals surface area contributed by atoms with Crippen molar-refractivity contribution in [2.24, 2.45) is 11.7 Å². The molecule has 0 spiro atoms. The Kier molecular flexibility index (Phi) is 6.24. The van der Waals surface area contributed by atoms with Gasteiger partial charge in [0.05, 0.1) is 13.2 Å². The molecule has 2 fully saturated rings. The van der Waals surface area contributed by atoms with Crippen molar-refractivity contribution in [2.45, 2.75) is 44.8 Å². The molecule has 1 heterocycles. The molecule has 24 heavy (non-hydrogen) atoms. The first-order valence-corrected chi connectivity index (χ1v) is 9.12. The lowest BCUT2D eigenvalue weighted by molar-refractivity contribution is -0.126. The molecule has 1 aromatic carbocycles. The Morgan fingerprint density at radius 3 is 2.71 bits per heavy atom.